The predicted octanol–water partition coefficient (Wildman–Crippen LogP) is 2.41. The van der Waals surface area contributed by atoms with Crippen molar-refractivity contribution >= 4 is 0 Å². The van der Waals surface area contributed by atoms with Gasteiger partial charge in [0.05, 0.1) is 0 Å². The van der Waals surface area contributed by atoms with Crippen LogP contribution in [0.25, 0.3) is 0 Å². The van der Waals surface area contributed by atoms with Crippen molar-refractivity contribution in [2.75, 3.05) is 0 Å². The standard InChI is InChI=1S/C9H17F2N/c1-3-6-7(9(2,10)11)4-5-8(6)12/h6-8H,3-5,12H2,1-2H3/t6?,7-,8?/m0/s1. The molecular weight excluding hydrogens is 160 g/mol. The van der Waals surface area contributed by atoms with Gasteiger partial charge in [0.15, 0.2) is 0 Å². The summed E-state index contributed by atoms with van der Waals surface area (Å²) in [7, 11) is 0. The van der Waals surface area contributed by atoms with E-state index in [4.69, 9.17) is 5.73 Å². The molecular formula is C9H17F2N. The van der Waals surface area contributed by atoms with Crippen LogP contribution < -0.4 is 5.73 Å². The first kappa shape index (κ1) is 9.90. The van der Waals surface area contributed by atoms with Crippen molar-refractivity contribution in [1.82, 2.24) is 0 Å². The summed E-state index contributed by atoms with van der Waals surface area (Å²) >= 11 is 0. The Bertz CT molecular complexity index is 153. The molecule has 0 radical (unpaired) electrons. The third-order valence-corrected chi connectivity index (χ3v) is 3.00. The van der Waals surface area contributed by atoms with Crippen LogP contribution in [0.3, 0.4) is 0 Å². The van der Waals surface area contributed by atoms with E-state index < -0.39 is 11.8 Å². The first-order chi connectivity index (χ1) is 5.46. The lowest BCUT2D eigenvalue weighted by Gasteiger charge is -2.26. The zero-order valence-electron chi connectivity index (χ0n) is 7.69. The minimum Gasteiger partial charge on any atom is -0.327 e. The first-order valence-electron chi connectivity index (χ1n) is 4.60. The molecule has 0 aromatic rings. The average molecular weight is 177 g/mol. The molecule has 2 unspecified atom stereocenters. The van der Waals surface area contributed by atoms with Crippen molar-refractivity contribution in [3.05, 3.63) is 0 Å². The van der Waals surface area contributed by atoms with Gasteiger partial charge in [-0.3, -0.25) is 0 Å². The molecule has 0 aliphatic heterocycles. The summed E-state index contributed by atoms with van der Waals surface area (Å²) in [5.74, 6) is -3.02. The number of halogens is 2. The minimum atomic E-state index is -2.55. The van der Waals surface area contributed by atoms with Crippen molar-refractivity contribution in [1.29, 1.82) is 0 Å². The Kier molecular flexibility index (Phi) is 2.71. The molecule has 1 aliphatic rings. The Labute approximate surface area is 72.3 Å². The Morgan fingerprint density at radius 2 is 2.00 bits per heavy atom. The number of rotatable bonds is 2. The van der Waals surface area contributed by atoms with E-state index in [-0.39, 0.29) is 12.0 Å². The largest absolute Gasteiger partial charge is 0.327 e. The second-order valence-electron chi connectivity index (χ2n) is 3.88. The molecule has 0 spiro atoms. The molecule has 1 saturated carbocycles. The molecule has 1 aliphatic carbocycles. The summed E-state index contributed by atoms with van der Waals surface area (Å²) in [6, 6.07) is -0.00850. The van der Waals surface area contributed by atoms with Crippen LogP contribution >= 0.6 is 0 Å². The Balaban J connectivity index is 2.67. The van der Waals surface area contributed by atoms with E-state index in [1.807, 2.05) is 6.92 Å². The van der Waals surface area contributed by atoms with Crippen LogP contribution in [0, 0.1) is 11.8 Å². The van der Waals surface area contributed by atoms with Crippen LogP contribution in [0.15, 0.2) is 0 Å². The number of nitrogens with two attached hydrogens (primary N) is 1. The van der Waals surface area contributed by atoms with E-state index >= 15 is 0 Å². The van der Waals surface area contributed by atoms with Gasteiger partial charge >= 0.3 is 0 Å². The zero-order valence-corrected chi connectivity index (χ0v) is 7.69. The van der Waals surface area contributed by atoms with Gasteiger partial charge in [-0.05, 0) is 25.7 Å². The molecule has 0 heterocycles. The maximum atomic E-state index is 13.0. The summed E-state index contributed by atoms with van der Waals surface area (Å²) < 4.78 is 26.0. The van der Waals surface area contributed by atoms with Gasteiger partial charge < -0.3 is 5.73 Å². The monoisotopic (exact) mass is 177 g/mol. The molecule has 0 bridgehead atoms. The van der Waals surface area contributed by atoms with Gasteiger partial charge in [-0.1, -0.05) is 13.3 Å². The highest BCUT2D eigenvalue weighted by molar-refractivity contribution is 4.91. The van der Waals surface area contributed by atoms with E-state index in [2.05, 4.69) is 0 Å². The van der Waals surface area contributed by atoms with Crippen molar-refractivity contribution in [3.63, 3.8) is 0 Å². The van der Waals surface area contributed by atoms with Crippen LogP contribution in [-0.4, -0.2) is 12.0 Å². The molecule has 0 aromatic carbocycles. The predicted molar refractivity (Wildman–Crippen MR) is 45.1 cm³/mol. The van der Waals surface area contributed by atoms with Gasteiger partial charge in [0, 0.05) is 12.0 Å². The zero-order chi connectivity index (χ0) is 9.35. The SMILES string of the molecule is CCC1C(N)CC[C@@H]1C(C)(F)F. The minimum absolute atomic E-state index is 0.00850. The molecule has 1 rings (SSSR count). The molecule has 3 heteroatoms. The maximum Gasteiger partial charge on any atom is 0.248 e. The fourth-order valence-corrected chi connectivity index (χ4v) is 2.32. The smallest absolute Gasteiger partial charge is 0.248 e. The number of alkyl halides is 2. The molecule has 0 saturated heterocycles. The second-order valence-corrected chi connectivity index (χ2v) is 3.88. The van der Waals surface area contributed by atoms with Crippen LogP contribution in [-0.2, 0) is 0 Å². The third-order valence-electron chi connectivity index (χ3n) is 3.00. The quantitative estimate of drug-likeness (QED) is 0.688. The molecule has 0 aromatic heterocycles. The average Bonchev–Trinajstić information content (AvgIpc) is 2.29. The van der Waals surface area contributed by atoms with Gasteiger partial charge in [0.1, 0.15) is 0 Å². The highest BCUT2D eigenvalue weighted by Crippen LogP contribution is 2.42. The van der Waals surface area contributed by atoms with E-state index in [1.54, 1.807) is 0 Å². The lowest BCUT2D eigenvalue weighted by Crippen LogP contribution is -2.34. The molecule has 1 nitrogen and oxygen atoms in total. The summed E-state index contributed by atoms with van der Waals surface area (Å²) in [5, 5.41) is 0. The third kappa shape index (κ3) is 1.76. The molecule has 72 valence electrons. The maximum absolute atomic E-state index is 13.0. The number of hydrogen-bond acceptors (Lipinski definition) is 1. The topological polar surface area (TPSA) is 26.0 Å². The normalized spacial score (nSPS) is 37.2. The Hall–Kier alpha value is -0.180. The molecule has 12 heavy (non-hydrogen) atoms. The van der Waals surface area contributed by atoms with Gasteiger partial charge in [0.2, 0.25) is 5.92 Å². The number of hydrogen-bond donors (Lipinski definition) is 1. The summed E-state index contributed by atoms with van der Waals surface area (Å²) in [6.45, 7) is 2.95. The summed E-state index contributed by atoms with van der Waals surface area (Å²) in [5.41, 5.74) is 5.74. The fraction of sp³-hybridized carbons (Fsp3) is 1.00. The van der Waals surface area contributed by atoms with Gasteiger partial charge in [-0.25, -0.2) is 8.78 Å². The lowest BCUT2D eigenvalue weighted by molar-refractivity contribution is -0.0558. The van der Waals surface area contributed by atoms with Gasteiger partial charge in [-0.15, -0.1) is 0 Å². The van der Waals surface area contributed by atoms with E-state index in [0.717, 1.165) is 19.8 Å². The summed E-state index contributed by atoms with van der Waals surface area (Å²) in [4.78, 5) is 0. The van der Waals surface area contributed by atoms with Crippen LogP contribution in [0.2, 0.25) is 0 Å². The fourth-order valence-electron chi connectivity index (χ4n) is 2.32. The molecule has 0 amide bonds. The molecule has 1 fully saturated rings. The van der Waals surface area contributed by atoms with Crippen molar-refractivity contribution in [2.24, 2.45) is 17.6 Å². The van der Waals surface area contributed by atoms with Gasteiger partial charge in [-0.2, -0.15) is 0 Å². The van der Waals surface area contributed by atoms with Crippen molar-refractivity contribution in [2.45, 2.75) is 45.1 Å². The summed E-state index contributed by atoms with van der Waals surface area (Å²) in [6.07, 6.45) is 2.12. The molecule has 3 atom stereocenters. The van der Waals surface area contributed by atoms with Crippen LogP contribution in [0.1, 0.15) is 33.1 Å². The van der Waals surface area contributed by atoms with Crippen molar-refractivity contribution < 1.29 is 8.78 Å². The Morgan fingerprint density at radius 3 is 2.33 bits per heavy atom. The Morgan fingerprint density at radius 1 is 1.42 bits per heavy atom. The van der Waals surface area contributed by atoms with Crippen LogP contribution in [0.4, 0.5) is 8.78 Å². The van der Waals surface area contributed by atoms with E-state index in [9.17, 15) is 8.78 Å². The first-order valence-corrected chi connectivity index (χ1v) is 4.60. The van der Waals surface area contributed by atoms with Gasteiger partial charge in [0.25, 0.3) is 0 Å². The highest BCUT2D eigenvalue weighted by atomic mass is 19.3. The van der Waals surface area contributed by atoms with Crippen LogP contribution in [0.5, 0.6) is 0 Å². The van der Waals surface area contributed by atoms with E-state index in [1.165, 1.54) is 0 Å². The van der Waals surface area contributed by atoms with Crippen molar-refractivity contribution in [3.8, 4) is 0 Å². The highest BCUT2D eigenvalue weighted by Gasteiger charge is 2.45. The lowest BCUT2D eigenvalue weighted by atomic mass is 9.87. The van der Waals surface area contributed by atoms with E-state index in [0.29, 0.717) is 6.42 Å². The second kappa shape index (κ2) is 3.29. The molecule has 2 N–H and O–H groups in total.